The minimum atomic E-state index is -0.0157. The fourth-order valence-electron chi connectivity index (χ4n) is 4.38. The summed E-state index contributed by atoms with van der Waals surface area (Å²) in [6, 6.07) is 9.36. The number of nitrogens with zero attached hydrogens (tertiary/aromatic N) is 1. The molecule has 4 rings (SSSR count). The molecule has 19 heavy (non-hydrogen) atoms. The van der Waals surface area contributed by atoms with Crippen molar-refractivity contribution in [2.75, 3.05) is 4.90 Å². The van der Waals surface area contributed by atoms with Crippen LogP contribution in [0.5, 0.6) is 0 Å². The van der Waals surface area contributed by atoms with Crippen LogP contribution in [0.1, 0.15) is 25.7 Å². The van der Waals surface area contributed by atoms with Crippen molar-refractivity contribution in [3.63, 3.8) is 0 Å². The summed E-state index contributed by atoms with van der Waals surface area (Å²) in [5.74, 6) is 1.01. The maximum atomic E-state index is 12.5. The Balaban J connectivity index is 1.69. The first-order valence-electron chi connectivity index (χ1n) is 7.22. The molecule has 1 aromatic rings. The lowest BCUT2D eigenvalue weighted by Gasteiger charge is -2.48. The Morgan fingerprint density at radius 3 is 1.89 bits per heavy atom. The van der Waals surface area contributed by atoms with Gasteiger partial charge in [-0.2, -0.15) is 0 Å². The first-order valence-corrected chi connectivity index (χ1v) is 7.22. The second kappa shape index (κ2) is 3.92. The van der Waals surface area contributed by atoms with Crippen molar-refractivity contribution >= 4 is 17.5 Å². The summed E-state index contributed by atoms with van der Waals surface area (Å²) in [7, 11) is 0. The van der Waals surface area contributed by atoms with Crippen molar-refractivity contribution in [1.29, 1.82) is 0 Å². The third kappa shape index (κ3) is 1.38. The molecule has 2 amide bonds. The molecule has 3 aliphatic rings. The van der Waals surface area contributed by atoms with Crippen LogP contribution in [0.25, 0.3) is 0 Å². The Morgan fingerprint density at radius 1 is 0.842 bits per heavy atom. The lowest BCUT2D eigenvalue weighted by molar-refractivity contribution is -0.139. The highest BCUT2D eigenvalue weighted by Crippen LogP contribution is 2.58. The summed E-state index contributed by atoms with van der Waals surface area (Å²) < 4.78 is 0. The molecular weight excluding hydrogens is 238 g/mol. The number of amides is 2. The summed E-state index contributed by atoms with van der Waals surface area (Å²) in [6.45, 7) is 0. The third-order valence-electron chi connectivity index (χ3n) is 5.21. The molecule has 1 saturated heterocycles. The van der Waals surface area contributed by atoms with Crippen LogP contribution in [0.3, 0.4) is 0 Å². The molecule has 3 fully saturated rings. The van der Waals surface area contributed by atoms with Gasteiger partial charge in [0.1, 0.15) is 0 Å². The van der Waals surface area contributed by atoms with Gasteiger partial charge in [0, 0.05) is 0 Å². The molecule has 3 heteroatoms. The molecule has 0 bridgehead atoms. The summed E-state index contributed by atoms with van der Waals surface area (Å²) in [5.41, 5.74) is 0.739. The fraction of sp³-hybridized carbons (Fsp3) is 0.500. The van der Waals surface area contributed by atoms with Crippen molar-refractivity contribution in [1.82, 2.24) is 0 Å². The lowest BCUT2D eigenvalue weighted by atomic mass is 9.53. The molecule has 1 aromatic carbocycles. The van der Waals surface area contributed by atoms with E-state index in [-0.39, 0.29) is 23.7 Å². The van der Waals surface area contributed by atoms with E-state index in [4.69, 9.17) is 0 Å². The van der Waals surface area contributed by atoms with Gasteiger partial charge in [-0.25, -0.2) is 0 Å². The number of hydrogen-bond donors (Lipinski definition) is 0. The summed E-state index contributed by atoms with van der Waals surface area (Å²) in [5, 5.41) is 0. The van der Waals surface area contributed by atoms with Crippen molar-refractivity contribution in [3.05, 3.63) is 30.3 Å². The van der Waals surface area contributed by atoms with E-state index in [1.54, 1.807) is 0 Å². The average Bonchev–Trinajstić information content (AvgIpc) is 2.63. The predicted octanol–water partition coefficient (Wildman–Crippen LogP) is 2.61. The maximum absolute atomic E-state index is 12.5. The van der Waals surface area contributed by atoms with Crippen molar-refractivity contribution in [3.8, 4) is 0 Å². The molecule has 0 aromatic heterocycles. The molecule has 0 N–H and O–H groups in total. The van der Waals surface area contributed by atoms with Gasteiger partial charge in [0.2, 0.25) is 11.8 Å². The highest BCUT2D eigenvalue weighted by atomic mass is 16.2. The lowest BCUT2D eigenvalue weighted by Crippen LogP contribution is -2.49. The van der Waals surface area contributed by atoms with Crippen LogP contribution in [0.2, 0.25) is 0 Å². The minimum absolute atomic E-state index is 0.0157. The smallest absolute Gasteiger partial charge is 0.237 e. The van der Waals surface area contributed by atoms with Gasteiger partial charge in [0.15, 0.2) is 0 Å². The Hall–Kier alpha value is -1.64. The third-order valence-corrected chi connectivity index (χ3v) is 5.21. The molecule has 98 valence electrons. The number of hydrogen-bond acceptors (Lipinski definition) is 2. The molecule has 4 atom stereocenters. The Kier molecular flexibility index (Phi) is 2.32. The fourth-order valence-corrected chi connectivity index (χ4v) is 4.38. The van der Waals surface area contributed by atoms with Gasteiger partial charge in [-0.15, -0.1) is 0 Å². The predicted molar refractivity (Wildman–Crippen MR) is 71.4 cm³/mol. The number of fused-ring (bicyclic) bond motifs is 4. The van der Waals surface area contributed by atoms with Gasteiger partial charge in [-0.1, -0.05) is 31.0 Å². The van der Waals surface area contributed by atoms with Gasteiger partial charge >= 0.3 is 0 Å². The van der Waals surface area contributed by atoms with E-state index >= 15 is 0 Å². The zero-order chi connectivity index (χ0) is 13.0. The van der Waals surface area contributed by atoms with Gasteiger partial charge in [-0.3, -0.25) is 14.5 Å². The first-order chi connectivity index (χ1) is 9.29. The van der Waals surface area contributed by atoms with Crippen LogP contribution in [0.15, 0.2) is 30.3 Å². The number of imide groups is 1. The number of benzene rings is 1. The first kappa shape index (κ1) is 11.2. The van der Waals surface area contributed by atoms with Crippen molar-refractivity contribution < 1.29 is 9.59 Å². The maximum Gasteiger partial charge on any atom is 0.237 e. The van der Waals surface area contributed by atoms with E-state index in [0.29, 0.717) is 11.8 Å². The zero-order valence-electron chi connectivity index (χ0n) is 10.8. The highest BCUT2D eigenvalue weighted by Gasteiger charge is 2.64. The summed E-state index contributed by atoms with van der Waals surface area (Å²) in [4.78, 5) is 26.5. The Morgan fingerprint density at radius 2 is 1.37 bits per heavy atom. The molecular formula is C16H17NO2. The van der Waals surface area contributed by atoms with E-state index < -0.39 is 0 Å². The summed E-state index contributed by atoms with van der Waals surface area (Å²) >= 11 is 0. The SMILES string of the molecule is O=C1[C@@H]2[C@H]3CCCC[C@H]3[C@@H]2C(=O)N1c1ccccc1. The van der Waals surface area contributed by atoms with Crippen LogP contribution in [-0.4, -0.2) is 11.8 Å². The largest absolute Gasteiger partial charge is 0.274 e. The number of anilines is 1. The summed E-state index contributed by atoms with van der Waals surface area (Å²) in [6.07, 6.45) is 4.70. The number of para-hydroxylation sites is 1. The normalized spacial score (nSPS) is 36.7. The van der Waals surface area contributed by atoms with Crippen LogP contribution in [-0.2, 0) is 9.59 Å². The van der Waals surface area contributed by atoms with Gasteiger partial charge < -0.3 is 0 Å². The molecule has 1 heterocycles. The van der Waals surface area contributed by atoms with Gasteiger partial charge in [-0.05, 0) is 36.8 Å². The van der Waals surface area contributed by atoms with E-state index in [1.165, 1.54) is 17.7 Å². The average molecular weight is 255 g/mol. The van der Waals surface area contributed by atoms with Crippen LogP contribution < -0.4 is 4.90 Å². The topological polar surface area (TPSA) is 37.4 Å². The van der Waals surface area contributed by atoms with E-state index in [9.17, 15) is 9.59 Å². The van der Waals surface area contributed by atoms with Crippen molar-refractivity contribution in [2.45, 2.75) is 25.7 Å². The van der Waals surface area contributed by atoms with Crippen LogP contribution >= 0.6 is 0 Å². The number of rotatable bonds is 1. The molecule has 0 unspecified atom stereocenters. The molecule has 0 radical (unpaired) electrons. The standard InChI is InChI=1S/C16H17NO2/c18-15-13-11-8-4-5-9-12(11)14(13)16(19)17(15)10-6-2-1-3-7-10/h1-3,6-7,11-14H,4-5,8-9H2/t11-,12+,13+,14-. The van der Waals surface area contributed by atoms with Crippen LogP contribution in [0, 0.1) is 23.7 Å². The van der Waals surface area contributed by atoms with E-state index in [2.05, 4.69) is 0 Å². The Labute approximate surface area is 112 Å². The second-order valence-corrected chi connectivity index (χ2v) is 6.01. The Bertz CT molecular complexity index is 509. The van der Waals surface area contributed by atoms with Crippen LogP contribution in [0.4, 0.5) is 5.69 Å². The van der Waals surface area contributed by atoms with Gasteiger partial charge in [0.25, 0.3) is 0 Å². The quantitative estimate of drug-likeness (QED) is 0.723. The second-order valence-electron chi connectivity index (χ2n) is 6.01. The molecule has 3 nitrogen and oxygen atoms in total. The van der Waals surface area contributed by atoms with E-state index in [0.717, 1.165) is 18.5 Å². The monoisotopic (exact) mass is 255 g/mol. The zero-order valence-corrected chi connectivity index (χ0v) is 10.8. The molecule has 2 saturated carbocycles. The molecule has 0 spiro atoms. The van der Waals surface area contributed by atoms with E-state index in [1.807, 2.05) is 30.3 Å². The minimum Gasteiger partial charge on any atom is -0.274 e. The van der Waals surface area contributed by atoms with Gasteiger partial charge in [0.05, 0.1) is 17.5 Å². The number of carbonyl (C=O) groups excluding carboxylic acids is 2. The molecule has 1 aliphatic heterocycles. The van der Waals surface area contributed by atoms with Crippen molar-refractivity contribution in [2.24, 2.45) is 23.7 Å². The molecule has 2 aliphatic carbocycles. The number of carbonyl (C=O) groups is 2. The highest BCUT2D eigenvalue weighted by molar-refractivity contribution is 6.23.